The number of halogens is 2. The molecule has 0 radical (unpaired) electrons. The lowest BCUT2D eigenvalue weighted by molar-refractivity contribution is -0.136. The van der Waals surface area contributed by atoms with Gasteiger partial charge in [-0.15, -0.1) is 0 Å². The van der Waals surface area contributed by atoms with Crippen molar-refractivity contribution >= 4 is 40.0 Å². The number of dihydropyridines is 1. The number of ether oxygens (including phenoxy) is 1. The van der Waals surface area contributed by atoms with E-state index in [2.05, 4.69) is 5.32 Å². The molecule has 0 fully saturated rings. The first-order chi connectivity index (χ1) is 13.9. The molecule has 1 aliphatic carbocycles. The zero-order valence-corrected chi connectivity index (χ0v) is 19.0. The number of Topliss-reactive ketones (excluding diaryl/α,β-unsaturated/α-hetero) is 1. The monoisotopic (exact) mass is 451 g/mol. The minimum atomic E-state index is -0.776. The van der Waals surface area contributed by atoms with Crippen LogP contribution in [0.25, 0.3) is 5.03 Å². The van der Waals surface area contributed by atoms with Gasteiger partial charge < -0.3 is 14.5 Å². The summed E-state index contributed by atoms with van der Waals surface area (Å²) in [4.78, 5) is 38.0. The molecule has 1 unspecified atom stereocenters. The molecule has 1 aromatic heterocycles. The molecule has 3 rings (SSSR count). The number of esters is 1. The molecule has 0 saturated heterocycles. The van der Waals surface area contributed by atoms with Crippen LogP contribution in [-0.2, 0) is 14.3 Å². The fourth-order valence-electron chi connectivity index (χ4n) is 4.05. The van der Waals surface area contributed by atoms with Crippen LogP contribution in [0.5, 0.6) is 0 Å². The first-order valence-corrected chi connectivity index (χ1v) is 10.2. The van der Waals surface area contributed by atoms with Crippen molar-refractivity contribution in [2.75, 3.05) is 7.11 Å². The number of allylic oxidation sites excluding steroid dienone is 4. The molecule has 6 nitrogen and oxygen atoms in total. The van der Waals surface area contributed by atoms with Crippen molar-refractivity contribution in [1.29, 1.82) is 0 Å². The van der Waals surface area contributed by atoms with Crippen molar-refractivity contribution in [2.24, 2.45) is 11.3 Å². The average Bonchev–Trinajstić information content (AvgIpc) is 2.58. The smallest absolute Gasteiger partial charge is 0.346 e. The number of aryl methyl sites for hydroxylation is 1. The molecule has 1 aliphatic heterocycles. The molecule has 0 aromatic carbocycles. The number of rotatable bonds is 3. The van der Waals surface area contributed by atoms with Gasteiger partial charge in [0.2, 0.25) is 0 Å². The van der Waals surface area contributed by atoms with Gasteiger partial charge in [0.05, 0.1) is 28.3 Å². The predicted octanol–water partition coefficient (Wildman–Crippen LogP) is 4.49. The van der Waals surface area contributed by atoms with Gasteiger partial charge in [-0.25, -0.2) is 9.59 Å². The summed E-state index contributed by atoms with van der Waals surface area (Å²) in [6.07, 6.45) is 2.46. The van der Waals surface area contributed by atoms with Crippen LogP contribution in [0.2, 0.25) is 5.02 Å². The number of carbonyl (C=O) groups excluding carboxylic acids is 2. The Balaban J connectivity index is 2.21. The van der Waals surface area contributed by atoms with Crippen molar-refractivity contribution in [3.63, 3.8) is 0 Å². The summed E-state index contributed by atoms with van der Waals surface area (Å²) in [7, 11) is 1.27. The second-order valence-corrected chi connectivity index (χ2v) is 9.16. The van der Waals surface area contributed by atoms with Crippen LogP contribution in [0.15, 0.2) is 43.9 Å². The lowest BCUT2D eigenvalue weighted by Gasteiger charge is -2.38. The van der Waals surface area contributed by atoms with Crippen molar-refractivity contribution in [1.82, 2.24) is 5.32 Å². The zero-order valence-electron chi connectivity index (χ0n) is 17.4. The summed E-state index contributed by atoms with van der Waals surface area (Å²) in [6, 6.07) is 1.48. The van der Waals surface area contributed by atoms with Gasteiger partial charge in [-0.1, -0.05) is 43.1 Å². The first kappa shape index (κ1) is 22.4. The van der Waals surface area contributed by atoms with Gasteiger partial charge >= 0.3 is 11.6 Å². The number of hydrogen-bond donors (Lipinski definition) is 1. The number of nitrogens with one attached hydrogen (secondary N) is 1. The maximum Gasteiger partial charge on any atom is 0.346 e. The Morgan fingerprint density at radius 2 is 1.97 bits per heavy atom. The predicted molar refractivity (Wildman–Crippen MR) is 115 cm³/mol. The molecular weight excluding hydrogens is 429 g/mol. The fourth-order valence-corrected chi connectivity index (χ4v) is 4.74. The van der Waals surface area contributed by atoms with E-state index in [1.807, 2.05) is 13.8 Å². The Labute approximate surface area is 184 Å². The van der Waals surface area contributed by atoms with E-state index in [1.165, 1.54) is 19.3 Å². The second kappa shape index (κ2) is 8.08. The molecule has 160 valence electrons. The van der Waals surface area contributed by atoms with Crippen LogP contribution in [-0.4, -0.2) is 18.9 Å². The van der Waals surface area contributed by atoms with E-state index < -0.39 is 17.5 Å². The molecule has 1 N–H and O–H groups in total. The first-order valence-electron chi connectivity index (χ1n) is 9.45. The summed E-state index contributed by atoms with van der Waals surface area (Å²) in [5, 5.41) is 3.33. The average molecular weight is 452 g/mol. The molecule has 0 amide bonds. The number of carbonyl (C=O) groups is 2. The van der Waals surface area contributed by atoms with E-state index >= 15 is 0 Å². The van der Waals surface area contributed by atoms with Crippen molar-refractivity contribution in [3.8, 4) is 0 Å². The molecule has 0 spiro atoms. The summed E-state index contributed by atoms with van der Waals surface area (Å²) < 4.78 is 10.1. The molecule has 1 atom stereocenters. The second-order valence-electron chi connectivity index (χ2n) is 8.35. The van der Waals surface area contributed by atoms with E-state index in [0.29, 0.717) is 29.9 Å². The maximum absolute atomic E-state index is 13.1. The van der Waals surface area contributed by atoms with Crippen LogP contribution >= 0.6 is 23.2 Å². The summed E-state index contributed by atoms with van der Waals surface area (Å²) >= 11 is 12.7. The highest BCUT2D eigenvalue weighted by molar-refractivity contribution is 6.50. The standard InChI is InChI=1S/C22H23Cl2NO5/c1-10-6-13(23)19(21(28)30-10)14(24)7-12-17(20(27)29-5)11(2)25-15-8-22(3,4)9-16(26)18(12)15/h6-7,12,25H,8-9H2,1-5H3/b14-7-. The lowest BCUT2D eigenvalue weighted by atomic mass is 9.70. The lowest BCUT2D eigenvalue weighted by Crippen LogP contribution is -2.39. The van der Waals surface area contributed by atoms with E-state index in [4.69, 9.17) is 32.4 Å². The zero-order chi connectivity index (χ0) is 22.4. The molecule has 2 aliphatic rings. The number of ketones is 1. The summed E-state index contributed by atoms with van der Waals surface area (Å²) in [5.74, 6) is -1.10. The number of hydrogen-bond acceptors (Lipinski definition) is 6. The van der Waals surface area contributed by atoms with Crippen LogP contribution in [0.1, 0.15) is 44.9 Å². The van der Waals surface area contributed by atoms with Crippen LogP contribution in [0, 0.1) is 18.3 Å². The van der Waals surface area contributed by atoms with Gasteiger partial charge in [0.15, 0.2) is 5.78 Å². The third kappa shape index (κ3) is 4.12. The van der Waals surface area contributed by atoms with E-state index in [1.54, 1.807) is 13.8 Å². The minimum absolute atomic E-state index is 0.000614. The van der Waals surface area contributed by atoms with Gasteiger partial charge in [-0.2, -0.15) is 0 Å². The molecular formula is C22H23Cl2NO5. The highest BCUT2D eigenvalue weighted by atomic mass is 35.5. The quantitative estimate of drug-likeness (QED) is 0.681. The van der Waals surface area contributed by atoms with Crippen LogP contribution < -0.4 is 10.9 Å². The minimum Gasteiger partial charge on any atom is -0.466 e. The molecule has 1 aromatic rings. The maximum atomic E-state index is 13.1. The Morgan fingerprint density at radius 3 is 2.57 bits per heavy atom. The molecule has 2 heterocycles. The largest absolute Gasteiger partial charge is 0.466 e. The Hall–Kier alpha value is -2.31. The van der Waals surface area contributed by atoms with Crippen molar-refractivity contribution in [2.45, 2.75) is 40.5 Å². The van der Waals surface area contributed by atoms with E-state index in [0.717, 1.165) is 5.70 Å². The molecule has 0 saturated carbocycles. The van der Waals surface area contributed by atoms with Gasteiger partial charge in [0, 0.05) is 29.3 Å². The normalized spacial score (nSPS) is 21.4. The third-order valence-corrected chi connectivity index (χ3v) is 5.88. The highest BCUT2D eigenvalue weighted by Gasteiger charge is 2.41. The molecule has 8 heteroatoms. The van der Waals surface area contributed by atoms with Crippen LogP contribution in [0.3, 0.4) is 0 Å². The van der Waals surface area contributed by atoms with Gasteiger partial charge in [0.25, 0.3) is 0 Å². The fraction of sp³-hybridized carbons (Fsp3) is 0.409. The summed E-state index contributed by atoms with van der Waals surface area (Å²) in [6.45, 7) is 7.37. The van der Waals surface area contributed by atoms with Crippen molar-refractivity contribution in [3.05, 3.63) is 61.4 Å². The topological polar surface area (TPSA) is 85.6 Å². The van der Waals surface area contributed by atoms with E-state index in [-0.39, 0.29) is 32.4 Å². The van der Waals surface area contributed by atoms with Gasteiger partial charge in [-0.3, -0.25) is 4.79 Å². The SMILES string of the molecule is COC(=O)C1=C(C)NC2=C(C(=O)CC(C)(C)C2)C1/C=C(\Cl)c1c(Cl)cc(C)oc1=O. The Bertz CT molecular complexity index is 1090. The van der Waals surface area contributed by atoms with Gasteiger partial charge in [0.1, 0.15) is 5.76 Å². The summed E-state index contributed by atoms with van der Waals surface area (Å²) in [5.41, 5.74) is 1.09. The van der Waals surface area contributed by atoms with Crippen molar-refractivity contribution < 1.29 is 18.7 Å². The molecule has 0 bridgehead atoms. The van der Waals surface area contributed by atoms with Gasteiger partial charge in [-0.05, 0) is 31.7 Å². The highest BCUT2D eigenvalue weighted by Crippen LogP contribution is 2.44. The number of methoxy groups -OCH3 is 1. The Kier molecular flexibility index (Phi) is 6.03. The Morgan fingerprint density at radius 1 is 1.30 bits per heavy atom. The van der Waals surface area contributed by atoms with E-state index in [9.17, 15) is 14.4 Å². The van der Waals surface area contributed by atoms with Crippen LogP contribution in [0.4, 0.5) is 0 Å². The molecule has 30 heavy (non-hydrogen) atoms. The third-order valence-electron chi connectivity index (χ3n) is 5.27.